The molecule has 0 saturated heterocycles. The maximum absolute atomic E-state index is 12.0. The van der Waals surface area contributed by atoms with Gasteiger partial charge in [0.05, 0.1) is 6.42 Å². The lowest BCUT2D eigenvalue weighted by Gasteiger charge is -2.31. The first-order valence-electron chi connectivity index (χ1n) is 5.66. The highest BCUT2D eigenvalue weighted by molar-refractivity contribution is 5.76. The zero-order chi connectivity index (χ0) is 13.7. The van der Waals surface area contributed by atoms with Gasteiger partial charge in [0.15, 0.2) is 0 Å². The molecule has 0 saturated carbocycles. The van der Waals surface area contributed by atoms with Crippen molar-refractivity contribution in [2.24, 2.45) is 11.1 Å². The van der Waals surface area contributed by atoms with Gasteiger partial charge in [0.2, 0.25) is 5.91 Å². The second kappa shape index (κ2) is 6.23. The van der Waals surface area contributed by atoms with Gasteiger partial charge in [-0.2, -0.15) is 13.2 Å². The Balaban J connectivity index is 4.32. The molecular weight excluding hydrogens is 233 g/mol. The Morgan fingerprint density at radius 2 is 1.82 bits per heavy atom. The Bertz CT molecular complexity index is 252. The average Bonchev–Trinajstić information content (AvgIpc) is 2.21. The summed E-state index contributed by atoms with van der Waals surface area (Å²) in [4.78, 5) is 13.0. The monoisotopic (exact) mass is 254 g/mol. The van der Waals surface area contributed by atoms with Crippen LogP contribution in [-0.4, -0.2) is 36.6 Å². The number of carbonyl (C=O) groups excluding carboxylic acids is 1. The van der Waals surface area contributed by atoms with E-state index in [2.05, 4.69) is 0 Å². The molecule has 0 aromatic heterocycles. The lowest BCUT2D eigenvalue weighted by atomic mass is 9.93. The SMILES string of the molecule is CCN(CC(C)(C)CN)C(=O)CCC(F)(F)F. The van der Waals surface area contributed by atoms with Crippen molar-refractivity contribution in [1.29, 1.82) is 0 Å². The summed E-state index contributed by atoms with van der Waals surface area (Å²) in [5, 5.41) is 0. The van der Waals surface area contributed by atoms with E-state index in [1.165, 1.54) is 4.90 Å². The second-order valence-electron chi connectivity index (χ2n) is 4.89. The number of nitrogens with zero attached hydrogens (tertiary/aromatic N) is 1. The van der Waals surface area contributed by atoms with Crippen LogP contribution in [0.4, 0.5) is 13.2 Å². The topological polar surface area (TPSA) is 46.3 Å². The summed E-state index contributed by atoms with van der Waals surface area (Å²) in [6.45, 7) is 6.68. The molecule has 102 valence electrons. The minimum absolute atomic E-state index is 0.274. The van der Waals surface area contributed by atoms with E-state index >= 15 is 0 Å². The largest absolute Gasteiger partial charge is 0.389 e. The molecule has 0 fully saturated rings. The van der Waals surface area contributed by atoms with Crippen LogP contribution in [0.15, 0.2) is 0 Å². The molecule has 6 heteroatoms. The van der Waals surface area contributed by atoms with Crippen LogP contribution in [0.1, 0.15) is 33.6 Å². The summed E-state index contributed by atoms with van der Waals surface area (Å²) in [6.07, 6.45) is -5.83. The van der Waals surface area contributed by atoms with Crippen molar-refractivity contribution in [2.75, 3.05) is 19.6 Å². The van der Waals surface area contributed by atoms with E-state index in [4.69, 9.17) is 5.73 Å². The molecule has 0 bridgehead atoms. The van der Waals surface area contributed by atoms with Crippen molar-refractivity contribution in [2.45, 2.75) is 39.8 Å². The highest BCUT2D eigenvalue weighted by Crippen LogP contribution is 2.22. The predicted molar refractivity (Wildman–Crippen MR) is 60.4 cm³/mol. The maximum Gasteiger partial charge on any atom is 0.389 e. The molecule has 0 aromatic rings. The number of nitrogens with two attached hydrogens (primary N) is 1. The summed E-state index contributed by atoms with van der Waals surface area (Å²) in [5.41, 5.74) is 5.26. The molecule has 0 aliphatic heterocycles. The fraction of sp³-hybridized carbons (Fsp3) is 0.909. The number of carbonyl (C=O) groups is 1. The van der Waals surface area contributed by atoms with Crippen molar-refractivity contribution >= 4 is 5.91 Å². The molecule has 0 radical (unpaired) electrons. The standard InChI is InChI=1S/C11H21F3N2O/c1-4-16(8-10(2,3)7-15)9(17)5-6-11(12,13)14/h4-8,15H2,1-3H3. The summed E-state index contributed by atoms with van der Waals surface area (Å²) in [6, 6.07) is 0. The lowest BCUT2D eigenvalue weighted by molar-refractivity contribution is -0.149. The first kappa shape index (κ1) is 16.2. The van der Waals surface area contributed by atoms with Crippen LogP contribution in [0, 0.1) is 5.41 Å². The molecule has 0 aliphatic rings. The van der Waals surface area contributed by atoms with Gasteiger partial charge in [0.1, 0.15) is 0 Å². The normalized spacial score (nSPS) is 12.6. The molecule has 0 aliphatic carbocycles. The number of alkyl halides is 3. The van der Waals surface area contributed by atoms with Gasteiger partial charge in [-0.3, -0.25) is 4.79 Å². The Morgan fingerprint density at radius 3 is 2.18 bits per heavy atom. The number of hydrogen-bond acceptors (Lipinski definition) is 2. The maximum atomic E-state index is 12.0. The van der Waals surface area contributed by atoms with Crippen LogP contribution in [0.3, 0.4) is 0 Å². The smallest absolute Gasteiger partial charge is 0.342 e. The third kappa shape index (κ3) is 7.20. The molecule has 0 atom stereocenters. The summed E-state index contributed by atoms with van der Waals surface area (Å²) in [7, 11) is 0. The number of hydrogen-bond donors (Lipinski definition) is 1. The molecule has 3 nitrogen and oxygen atoms in total. The average molecular weight is 254 g/mol. The van der Waals surface area contributed by atoms with Gasteiger partial charge in [-0.15, -0.1) is 0 Å². The van der Waals surface area contributed by atoms with E-state index in [1.807, 2.05) is 13.8 Å². The summed E-state index contributed by atoms with van der Waals surface area (Å²) < 4.78 is 36.0. The van der Waals surface area contributed by atoms with E-state index in [1.54, 1.807) is 6.92 Å². The zero-order valence-corrected chi connectivity index (χ0v) is 10.6. The van der Waals surface area contributed by atoms with Gasteiger partial charge in [-0.25, -0.2) is 0 Å². The van der Waals surface area contributed by atoms with Crippen LogP contribution in [0.2, 0.25) is 0 Å². The van der Waals surface area contributed by atoms with Crippen molar-refractivity contribution in [3.05, 3.63) is 0 Å². The highest BCUT2D eigenvalue weighted by Gasteiger charge is 2.30. The van der Waals surface area contributed by atoms with Gasteiger partial charge in [-0.1, -0.05) is 13.8 Å². The predicted octanol–water partition coefficient (Wildman–Crippen LogP) is 2.16. The molecule has 1 amide bonds. The van der Waals surface area contributed by atoms with Crippen LogP contribution in [0.25, 0.3) is 0 Å². The van der Waals surface area contributed by atoms with E-state index < -0.39 is 24.9 Å². The number of rotatable bonds is 6. The van der Waals surface area contributed by atoms with E-state index in [0.717, 1.165) is 0 Å². The fourth-order valence-corrected chi connectivity index (χ4v) is 1.36. The van der Waals surface area contributed by atoms with E-state index in [0.29, 0.717) is 19.6 Å². The quantitative estimate of drug-likeness (QED) is 0.789. The van der Waals surface area contributed by atoms with Crippen LogP contribution in [0.5, 0.6) is 0 Å². The zero-order valence-electron chi connectivity index (χ0n) is 10.6. The molecule has 0 unspecified atom stereocenters. The Hall–Kier alpha value is -0.780. The fourth-order valence-electron chi connectivity index (χ4n) is 1.36. The van der Waals surface area contributed by atoms with Crippen molar-refractivity contribution in [3.8, 4) is 0 Å². The van der Waals surface area contributed by atoms with Crippen LogP contribution >= 0.6 is 0 Å². The molecule has 0 rings (SSSR count). The number of halogens is 3. The van der Waals surface area contributed by atoms with E-state index in [9.17, 15) is 18.0 Å². The lowest BCUT2D eigenvalue weighted by Crippen LogP contribution is -2.42. The molecule has 0 aromatic carbocycles. The van der Waals surface area contributed by atoms with Crippen molar-refractivity contribution in [1.82, 2.24) is 4.90 Å². The van der Waals surface area contributed by atoms with Gasteiger partial charge in [-0.05, 0) is 18.9 Å². The first-order chi connectivity index (χ1) is 7.61. The van der Waals surface area contributed by atoms with Crippen LogP contribution in [-0.2, 0) is 4.79 Å². The highest BCUT2D eigenvalue weighted by atomic mass is 19.4. The summed E-state index contributed by atoms with van der Waals surface area (Å²) in [5.74, 6) is -0.466. The minimum Gasteiger partial charge on any atom is -0.342 e. The second-order valence-corrected chi connectivity index (χ2v) is 4.89. The number of amides is 1. The Kier molecular flexibility index (Phi) is 5.95. The van der Waals surface area contributed by atoms with Crippen LogP contribution < -0.4 is 5.73 Å². The molecule has 0 heterocycles. The minimum atomic E-state index is -4.28. The third-order valence-corrected chi connectivity index (χ3v) is 2.53. The molecular formula is C11H21F3N2O. The Labute approximate surface area is 100 Å². The summed E-state index contributed by atoms with van der Waals surface area (Å²) >= 11 is 0. The van der Waals surface area contributed by atoms with Gasteiger partial charge < -0.3 is 10.6 Å². The third-order valence-electron chi connectivity index (χ3n) is 2.53. The Morgan fingerprint density at radius 1 is 1.29 bits per heavy atom. The first-order valence-corrected chi connectivity index (χ1v) is 5.66. The van der Waals surface area contributed by atoms with Crippen molar-refractivity contribution in [3.63, 3.8) is 0 Å². The molecule has 17 heavy (non-hydrogen) atoms. The van der Waals surface area contributed by atoms with E-state index in [-0.39, 0.29) is 5.41 Å². The van der Waals surface area contributed by atoms with Gasteiger partial charge in [0, 0.05) is 19.5 Å². The van der Waals surface area contributed by atoms with Crippen molar-refractivity contribution < 1.29 is 18.0 Å². The van der Waals surface area contributed by atoms with Gasteiger partial charge in [0.25, 0.3) is 0 Å². The van der Waals surface area contributed by atoms with Gasteiger partial charge >= 0.3 is 6.18 Å². The molecule has 2 N–H and O–H groups in total. The molecule has 0 spiro atoms.